The number of aryl methyl sites for hydroxylation is 2. The Kier molecular flexibility index (Phi) is 3.89. The Morgan fingerprint density at radius 3 is 2.83 bits per heavy atom. The molecule has 0 bridgehead atoms. The van der Waals surface area contributed by atoms with E-state index in [1.165, 1.54) is 56.2 Å². The van der Waals surface area contributed by atoms with Crippen LogP contribution in [0.2, 0.25) is 0 Å². The van der Waals surface area contributed by atoms with Gasteiger partial charge >= 0.3 is 0 Å². The SMILES string of the molecule is c1nc(CNCC2CCCC2)nc2c1CCCC2. The first-order valence-electron chi connectivity index (χ1n) is 7.46. The molecule has 1 N–H and O–H groups in total. The zero-order valence-corrected chi connectivity index (χ0v) is 11.1. The van der Waals surface area contributed by atoms with Crippen LogP contribution in [0.1, 0.15) is 55.6 Å². The Hall–Kier alpha value is -0.960. The average molecular weight is 245 g/mol. The highest BCUT2D eigenvalue weighted by molar-refractivity contribution is 5.20. The van der Waals surface area contributed by atoms with E-state index in [-0.39, 0.29) is 0 Å². The molecule has 2 aliphatic rings. The van der Waals surface area contributed by atoms with Gasteiger partial charge in [-0.25, -0.2) is 9.97 Å². The van der Waals surface area contributed by atoms with Gasteiger partial charge in [-0.2, -0.15) is 0 Å². The summed E-state index contributed by atoms with van der Waals surface area (Å²) in [5, 5.41) is 3.53. The third kappa shape index (κ3) is 2.89. The molecule has 18 heavy (non-hydrogen) atoms. The minimum Gasteiger partial charge on any atom is -0.310 e. The van der Waals surface area contributed by atoms with Gasteiger partial charge in [0.2, 0.25) is 0 Å². The first kappa shape index (κ1) is 12.1. The third-order valence-electron chi connectivity index (χ3n) is 4.30. The molecule has 1 fully saturated rings. The first-order chi connectivity index (χ1) is 8.92. The Labute approximate surface area is 109 Å². The first-order valence-corrected chi connectivity index (χ1v) is 7.46. The zero-order valence-electron chi connectivity index (χ0n) is 11.1. The molecule has 0 amide bonds. The lowest BCUT2D eigenvalue weighted by molar-refractivity contribution is 0.483. The van der Waals surface area contributed by atoms with Gasteiger partial charge in [-0.1, -0.05) is 12.8 Å². The summed E-state index contributed by atoms with van der Waals surface area (Å²) in [4.78, 5) is 9.19. The number of hydrogen-bond donors (Lipinski definition) is 1. The normalized spacial score (nSPS) is 20.0. The van der Waals surface area contributed by atoms with Crippen LogP contribution in [-0.4, -0.2) is 16.5 Å². The minimum absolute atomic E-state index is 0.837. The number of fused-ring (bicyclic) bond motifs is 1. The van der Waals surface area contributed by atoms with Crippen LogP contribution in [0.5, 0.6) is 0 Å². The predicted molar refractivity (Wildman–Crippen MR) is 72.3 cm³/mol. The van der Waals surface area contributed by atoms with Crippen LogP contribution in [0.3, 0.4) is 0 Å². The Morgan fingerprint density at radius 2 is 1.94 bits per heavy atom. The lowest BCUT2D eigenvalue weighted by Crippen LogP contribution is -2.22. The van der Waals surface area contributed by atoms with Crippen LogP contribution in [0.25, 0.3) is 0 Å². The Bertz CT molecular complexity index is 397. The van der Waals surface area contributed by atoms with Crippen LogP contribution >= 0.6 is 0 Å². The molecule has 0 radical (unpaired) electrons. The van der Waals surface area contributed by atoms with Gasteiger partial charge in [0.15, 0.2) is 0 Å². The maximum atomic E-state index is 4.70. The fourth-order valence-corrected chi connectivity index (χ4v) is 3.20. The summed E-state index contributed by atoms with van der Waals surface area (Å²) < 4.78 is 0. The summed E-state index contributed by atoms with van der Waals surface area (Å²) in [6.07, 6.45) is 12.6. The van der Waals surface area contributed by atoms with Crippen molar-refractivity contribution in [3.63, 3.8) is 0 Å². The maximum Gasteiger partial charge on any atom is 0.142 e. The second-order valence-electron chi connectivity index (χ2n) is 5.75. The van der Waals surface area contributed by atoms with E-state index in [2.05, 4.69) is 10.3 Å². The van der Waals surface area contributed by atoms with Gasteiger partial charge in [0, 0.05) is 11.9 Å². The number of aromatic nitrogens is 2. The molecular formula is C15H23N3. The Balaban J connectivity index is 1.52. The zero-order chi connectivity index (χ0) is 12.2. The van der Waals surface area contributed by atoms with E-state index in [1.54, 1.807) is 0 Å². The predicted octanol–water partition coefficient (Wildman–Crippen LogP) is 2.64. The van der Waals surface area contributed by atoms with Gasteiger partial charge < -0.3 is 5.32 Å². The van der Waals surface area contributed by atoms with Gasteiger partial charge in [-0.05, 0) is 56.6 Å². The van der Waals surface area contributed by atoms with Crippen LogP contribution in [0.4, 0.5) is 0 Å². The fourth-order valence-electron chi connectivity index (χ4n) is 3.20. The summed E-state index contributed by atoms with van der Waals surface area (Å²) in [6, 6.07) is 0. The summed E-state index contributed by atoms with van der Waals surface area (Å²) >= 11 is 0. The molecule has 98 valence electrons. The van der Waals surface area contributed by atoms with Crippen molar-refractivity contribution in [2.75, 3.05) is 6.54 Å². The standard InChI is InChI=1S/C15H23N3/c1-2-6-12(5-1)9-16-11-15-17-10-13-7-3-4-8-14(13)18-15/h10,12,16H,1-9,11H2. The van der Waals surface area contributed by atoms with Gasteiger partial charge in [0.25, 0.3) is 0 Å². The van der Waals surface area contributed by atoms with E-state index in [4.69, 9.17) is 4.98 Å². The van der Waals surface area contributed by atoms with Gasteiger partial charge in [0.1, 0.15) is 5.82 Å². The van der Waals surface area contributed by atoms with Crippen LogP contribution in [-0.2, 0) is 19.4 Å². The molecule has 2 aliphatic carbocycles. The van der Waals surface area contributed by atoms with E-state index in [0.717, 1.165) is 31.3 Å². The van der Waals surface area contributed by atoms with Crippen molar-refractivity contribution in [1.82, 2.24) is 15.3 Å². The van der Waals surface area contributed by atoms with E-state index in [0.29, 0.717) is 0 Å². The molecule has 0 spiro atoms. The lowest BCUT2D eigenvalue weighted by atomic mass is 9.97. The highest BCUT2D eigenvalue weighted by Crippen LogP contribution is 2.23. The summed E-state index contributed by atoms with van der Waals surface area (Å²) in [7, 11) is 0. The van der Waals surface area contributed by atoms with Crippen LogP contribution in [0, 0.1) is 5.92 Å². The third-order valence-corrected chi connectivity index (χ3v) is 4.30. The Morgan fingerprint density at radius 1 is 1.11 bits per heavy atom. The monoisotopic (exact) mass is 245 g/mol. The van der Waals surface area contributed by atoms with Crippen molar-refractivity contribution in [3.8, 4) is 0 Å². The van der Waals surface area contributed by atoms with Crippen molar-refractivity contribution in [2.24, 2.45) is 5.92 Å². The minimum atomic E-state index is 0.837. The quantitative estimate of drug-likeness (QED) is 0.886. The summed E-state index contributed by atoms with van der Waals surface area (Å²) in [6.45, 7) is 1.98. The second kappa shape index (κ2) is 5.79. The van der Waals surface area contributed by atoms with E-state index >= 15 is 0 Å². The molecule has 0 aromatic carbocycles. The molecule has 1 aromatic heterocycles. The number of nitrogens with one attached hydrogen (secondary N) is 1. The molecule has 3 heteroatoms. The molecule has 0 unspecified atom stereocenters. The van der Waals surface area contributed by atoms with E-state index < -0.39 is 0 Å². The molecule has 1 heterocycles. The highest BCUT2D eigenvalue weighted by atomic mass is 15.0. The summed E-state index contributed by atoms with van der Waals surface area (Å²) in [5.74, 6) is 1.87. The van der Waals surface area contributed by atoms with Gasteiger partial charge in [-0.3, -0.25) is 0 Å². The smallest absolute Gasteiger partial charge is 0.142 e. The van der Waals surface area contributed by atoms with E-state index in [9.17, 15) is 0 Å². The molecule has 0 aliphatic heterocycles. The van der Waals surface area contributed by atoms with Crippen LogP contribution in [0.15, 0.2) is 6.20 Å². The molecule has 1 saturated carbocycles. The topological polar surface area (TPSA) is 37.8 Å². The van der Waals surface area contributed by atoms with Gasteiger partial charge in [-0.15, -0.1) is 0 Å². The molecule has 3 rings (SSSR count). The van der Waals surface area contributed by atoms with Crippen molar-refractivity contribution < 1.29 is 0 Å². The molecular weight excluding hydrogens is 222 g/mol. The molecule has 1 aromatic rings. The second-order valence-corrected chi connectivity index (χ2v) is 5.75. The van der Waals surface area contributed by atoms with Crippen molar-refractivity contribution >= 4 is 0 Å². The lowest BCUT2D eigenvalue weighted by Gasteiger charge is -2.15. The highest BCUT2D eigenvalue weighted by Gasteiger charge is 2.15. The van der Waals surface area contributed by atoms with E-state index in [1.807, 2.05) is 6.20 Å². The summed E-state index contributed by atoms with van der Waals surface area (Å²) in [5.41, 5.74) is 2.68. The number of hydrogen-bond acceptors (Lipinski definition) is 3. The fraction of sp³-hybridized carbons (Fsp3) is 0.733. The molecule has 3 nitrogen and oxygen atoms in total. The molecule has 0 atom stereocenters. The average Bonchev–Trinajstić information content (AvgIpc) is 2.92. The largest absolute Gasteiger partial charge is 0.310 e. The van der Waals surface area contributed by atoms with Gasteiger partial charge in [0.05, 0.1) is 6.54 Å². The number of rotatable bonds is 4. The van der Waals surface area contributed by atoms with Crippen molar-refractivity contribution in [2.45, 2.75) is 57.9 Å². The number of nitrogens with zero attached hydrogens (tertiary/aromatic N) is 2. The van der Waals surface area contributed by atoms with Crippen molar-refractivity contribution in [1.29, 1.82) is 0 Å². The molecule has 0 saturated heterocycles. The maximum absolute atomic E-state index is 4.70. The van der Waals surface area contributed by atoms with Crippen LogP contribution < -0.4 is 5.32 Å². The van der Waals surface area contributed by atoms with Crippen molar-refractivity contribution in [3.05, 3.63) is 23.3 Å².